The Morgan fingerprint density at radius 3 is 2.10 bits per heavy atom. The van der Waals surface area contributed by atoms with Gasteiger partial charge in [0.25, 0.3) is 0 Å². The van der Waals surface area contributed by atoms with Gasteiger partial charge in [-0.1, -0.05) is 0 Å². The first-order valence-electron chi connectivity index (χ1n) is 9.17. The fourth-order valence-corrected chi connectivity index (χ4v) is 4.69. The summed E-state index contributed by atoms with van der Waals surface area (Å²) in [6.07, 6.45) is 5.90. The van der Waals surface area contributed by atoms with E-state index in [1.807, 2.05) is 0 Å². The summed E-state index contributed by atoms with van der Waals surface area (Å²) in [5, 5.41) is 0. The van der Waals surface area contributed by atoms with Crippen LogP contribution in [0.5, 0.6) is 0 Å². The summed E-state index contributed by atoms with van der Waals surface area (Å²) in [7, 11) is 2.25. The molecule has 122 valence electrons. The van der Waals surface area contributed by atoms with E-state index in [2.05, 4.69) is 42.5 Å². The number of hydrogen-bond acceptors (Lipinski definition) is 3. The number of piperazine rings is 1. The van der Waals surface area contributed by atoms with Crippen molar-refractivity contribution in [3.8, 4) is 0 Å². The van der Waals surface area contributed by atoms with E-state index in [0.717, 1.165) is 23.4 Å². The molecule has 2 unspecified atom stereocenters. The number of likely N-dealkylation sites (tertiary alicyclic amines) is 1. The molecule has 0 aromatic carbocycles. The van der Waals surface area contributed by atoms with Crippen LogP contribution in [0.3, 0.4) is 0 Å². The Balaban J connectivity index is 1.44. The maximum atomic E-state index is 2.73. The van der Waals surface area contributed by atoms with Crippen LogP contribution in [0.2, 0.25) is 0 Å². The molecule has 1 saturated carbocycles. The Morgan fingerprint density at radius 1 is 0.905 bits per heavy atom. The lowest BCUT2D eigenvalue weighted by atomic mass is 9.88. The zero-order valence-electron chi connectivity index (χ0n) is 14.6. The predicted octanol–water partition coefficient (Wildman–Crippen LogP) is 2.52. The van der Waals surface area contributed by atoms with Gasteiger partial charge in [-0.05, 0) is 77.9 Å². The fourth-order valence-electron chi connectivity index (χ4n) is 4.69. The van der Waals surface area contributed by atoms with Crippen molar-refractivity contribution in [2.45, 2.75) is 58.5 Å². The molecule has 3 nitrogen and oxygen atoms in total. The quantitative estimate of drug-likeness (QED) is 0.788. The van der Waals surface area contributed by atoms with Crippen LogP contribution in [-0.4, -0.2) is 73.1 Å². The number of hydrogen-bond donors (Lipinski definition) is 0. The maximum Gasteiger partial charge on any atom is 0.0113 e. The minimum atomic E-state index is 0.740. The molecule has 0 amide bonds. The van der Waals surface area contributed by atoms with Gasteiger partial charge in [-0.15, -0.1) is 0 Å². The number of likely N-dealkylation sites (N-methyl/N-ethyl adjacent to an activating group) is 1. The summed E-state index contributed by atoms with van der Waals surface area (Å²) in [6, 6.07) is 1.54. The van der Waals surface area contributed by atoms with E-state index < -0.39 is 0 Å². The molecule has 0 aromatic heterocycles. The third-order valence-corrected chi connectivity index (χ3v) is 6.67. The Hall–Kier alpha value is -0.120. The normalized spacial score (nSPS) is 32.7. The first-order valence-corrected chi connectivity index (χ1v) is 9.17. The Bertz CT molecular complexity index is 338. The van der Waals surface area contributed by atoms with E-state index in [1.54, 1.807) is 0 Å². The highest BCUT2D eigenvalue weighted by atomic mass is 15.3. The van der Waals surface area contributed by atoms with E-state index in [4.69, 9.17) is 0 Å². The summed E-state index contributed by atoms with van der Waals surface area (Å²) in [6.45, 7) is 14.9. The Kier molecular flexibility index (Phi) is 4.63. The van der Waals surface area contributed by atoms with Gasteiger partial charge < -0.3 is 9.80 Å². The monoisotopic (exact) mass is 293 g/mol. The molecular weight excluding hydrogens is 258 g/mol. The Labute approximate surface area is 131 Å². The van der Waals surface area contributed by atoms with Gasteiger partial charge in [0.15, 0.2) is 0 Å². The molecule has 2 atom stereocenters. The highest BCUT2D eigenvalue weighted by Gasteiger charge is 2.54. The van der Waals surface area contributed by atoms with Gasteiger partial charge in [-0.25, -0.2) is 0 Å². The molecule has 21 heavy (non-hydrogen) atoms. The molecule has 0 aromatic rings. The van der Waals surface area contributed by atoms with Crippen molar-refractivity contribution in [2.24, 2.45) is 11.3 Å². The van der Waals surface area contributed by atoms with Crippen molar-refractivity contribution in [2.75, 3.05) is 46.3 Å². The summed E-state index contributed by atoms with van der Waals surface area (Å²) in [5.74, 6) is 1.03. The molecule has 2 heterocycles. The lowest BCUT2D eigenvalue weighted by Gasteiger charge is -2.38. The second-order valence-corrected chi connectivity index (χ2v) is 8.32. The second-order valence-electron chi connectivity index (χ2n) is 8.32. The zero-order valence-corrected chi connectivity index (χ0v) is 14.6. The molecule has 2 saturated heterocycles. The van der Waals surface area contributed by atoms with Crippen LogP contribution in [0.25, 0.3) is 0 Å². The van der Waals surface area contributed by atoms with Gasteiger partial charge in [0, 0.05) is 38.3 Å². The smallest absolute Gasteiger partial charge is 0.0113 e. The van der Waals surface area contributed by atoms with Crippen LogP contribution in [0.15, 0.2) is 0 Å². The topological polar surface area (TPSA) is 9.72 Å². The lowest BCUT2D eigenvalue weighted by molar-refractivity contribution is 0.100. The molecular formula is C18H35N3. The number of piperidine rings is 1. The molecule has 0 bridgehead atoms. The molecule has 3 fully saturated rings. The van der Waals surface area contributed by atoms with E-state index in [9.17, 15) is 0 Å². The van der Waals surface area contributed by atoms with Crippen LogP contribution in [0, 0.1) is 11.3 Å². The van der Waals surface area contributed by atoms with Crippen LogP contribution in [0.1, 0.15) is 46.5 Å². The van der Waals surface area contributed by atoms with Crippen molar-refractivity contribution in [1.82, 2.24) is 14.7 Å². The molecule has 0 radical (unpaired) electrons. The molecule has 0 N–H and O–H groups in total. The molecule has 3 aliphatic rings. The van der Waals surface area contributed by atoms with Crippen molar-refractivity contribution in [3.05, 3.63) is 0 Å². The second kappa shape index (κ2) is 6.17. The van der Waals surface area contributed by atoms with Crippen molar-refractivity contribution >= 4 is 0 Å². The highest BCUT2D eigenvalue weighted by molar-refractivity contribution is 5.05. The van der Waals surface area contributed by atoms with Gasteiger partial charge in [-0.2, -0.15) is 0 Å². The maximum absolute atomic E-state index is 2.73. The largest absolute Gasteiger partial charge is 0.304 e. The van der Waals surface area contributed by atoms with E-state index in [1.165, 1.54) is 65.0 Å². The van der Waals surface area contributed by atoms with Gasteiger partial charge in [0.2, 0.25) is 0 Å². The van der Waals surface area contributed by atoms with Crippen LogP contribution >= 0.6 is 0 Å². The van der Waals surface area contributed by atoms with Gasteiger partial charge in [0.05, 0.1) is 0 Å². The van der Waals surface area contributed by atoms with Crippen LogP contribution in [0.4, 0.5) is 0 Å². The Morgan fingerprint density at radius 2 is 1.52 bits per heavy atom. The lowest BCUT2D eigenvalue weighted by Crippen LogP contribution is -2.48. The average molecular weight is 293 g/mol. The first kappa shape index (κ1) is 15.8. The predicted molar refractivity (Wildman–Crippen MR) is 89.6 cm³/mol. The molecule has 3 heteroatoms. The summed E-state index contributed by atoms with van der Waals surface area (Å²) >= 11 is 0. The molecule has 2 aliphatic heterocycles. The van der Waals surface area contributed by atoms with E-state index in [0.29, 0.717) is 0 Å². The highest BCUT2D eigenvalue weighted by Crippen LogP contribution is 2.61. The van der Waals surface area contributed by atoms with Crippen molar-refractivity contribution < 1.29 is 0 Å². The van der Waals surface area contributed by atoms with Gasteiger partial charge in [-0.3, -0.25) is 4.90 Å². The average Bonchev–Trinajstić information content (AvgIpc) is 3.11. The fraction of sp³-hybridized carbons (Fsp3) is 1.00. The minimum absolute atomic E-state index is 0.740. The zero-order chi connectivity index (χ0) is 15.0. The first-order chi connectivity index (χ1) is 10.00. The SMILES string of the molecule is CC(C)N1CCC2(CC1)CC2CC(C)N1CCN(C)CC1. The van der Waals surface area contributed by atoms with Crippen molar-refractivity contribution in [3.63, 3.8) is 0 Å². The summed E-state index contributed by atoms with van der Waals surface area (Å²) < 4.78 is 0. The molecule has 1 spiro atoms. The minimum Gasteiger partial charge on any atom is -0.304 e. The third-order valence-electron chi connectivity index (χ3n) is 6.67. The van der Waals surface area contributed by atoms with Crippen molar-refractivity contribution in [1.29, 1.82) is 0 Å². The molecule has 1 aliphatic carbocycles. The standard InChI is InChI=1S/C18H35N3/c1-15(2)20-7-5-18(6-8-20)14-17(18)13-16(3)21-11-9-19(4)10-12-21/h15-17H,5-14H2,1-4H3. The molecule has 3 rings (SSSR count). The summed E-state index contributed by atoms with van der Waals surface area (Å²) in [5.41, 5.74) is 0.756. The van der Waals surface area contributed by atoms with E-state index >= 15 is 0 Å². The van der Waals surface area contributed by atoms with Gasteiger partial charge >= 0.3 is 0 Å². The van der Waals surface area contributed by atoms with Crippen LogP contribution in [-0.2, 0) is 0 Å². The number of rotatable bonds is 4. The summed E-state index contributed by atoms with van der Waals surface area (Å²) in [4.78, 5) is 7.86. The van der Waals surface area contributed by atoms with Crippen LogP contribution < -0.4 is 0 Å². The van der Waals surface area contributed by atoms with Gasteiger partial charge in [0.1, 0.15) is 0 Å². The number of nitrogens with zero attached hydrogens (tertiary/aromatic N) is 3. The third kappa shape index (κ3) is 3.46. The van der Waals surface area contributed by atoms with E-state index in [-0.39, 0.29) is 0 Å².